The van der Waals surface area contributed by atoms with Gasteiger partial charge in [0.1, 0.15) is 5.75 Å². The molecule has 0 spiro atoms. The monoisotopic (exact) mass is 238 g/mol. The molecule has 0 bridgehead atoms. The van der Waals surface area contributed by atoms with Crippen LogP contribution in [0.1, 0.15) is 26.5 Å². The predicted octanol–water partition coefficient (Wildman–Crippen LogP) is 0.867. The second-order valence-electron chi connectivity index (χ2n) is 4.73. The van der Waals surface area contributed by atoms with Crippen molar-refractivity contribution >= 4 is 5.91 Å². The zero-order valence-corrected chi connectivity index (χ0v) is 10.4. The number of nitrogens with one attached hydrogen (secondary N) is 1. The van der Waals surface area contributed by atoms with E-state index >= 15 is 0 Å². The Labute approximate surface area is 101 Å². The summed E-state index contributed by atoms with van der Waals surface area (Å²) in [5, 5.41) is 11.6. The third-order valence-electron chi connectivity index (χ3n) is 1.84. The number of aliphatic hydroxyl groups is 1. The molecule has 0 fully saturated rings. The normalized spacial score (nSPS) is 11.1. The lowest BCUT2D eigenvalue weighted by molar-refractivity contribution is -0.124. The molecule has 0 aliphatic rings. The minimum absolute atomic E-state index is 0.0442. The van der Waals surface area contributed by atoms with Gasteiger partial charge in [0.15, 0.2) is 6.61 Å². The Morgan fingerprint density at radius 1 is 1.47 bits per heavy atom. The fraction of sp³-hybridized carbons (Fsp3) is 0.500. The number of pyridine rings is 1. The summed E-state index contributed by atoms with van der Waals surface area (Å²) < 4.78 is 5.26. The summed E-state index contributed by atoms with van der Waals surface area (Å²) in [5.74, 6) is 0.329. The topological polar surface area (TPSA) is 71.5 Å². The molecule has 1 aromatic heterocycles. The summed E-state index contributed by atoms with van der Waals surface area (Å²) in [6.45, 7) is 5.57. The van der Waals surface area contributed by atoms with Crippen molar-refractivity contribution in [2.45, 2.75) is 32.9 Å². The van der Waals surface area contributed by atoms with Gasteiger partial charge >= 0.3 is 0 Å². The number of hydrogen-bond donors (Lipinski definition) is 2. The zero-order valence-electron chi connectivity index (χ0n) is 10.4. The van der Waals surface area contributed by atoms with Crippen LogP contribution in [0.4, 0.5) is 0 Å². The molecule has 1 amide bonds. The lowest BCUT2D eigenvalue weighted by Crippen LogP contribution is -2.43. The minimum atomic E-state index is -0.264. The number of hydrogen-bond acceptors (Lipinski definition) is 4. The molecular weight excluding hydrogens is 220 g/mol. The number of rotatable bonds is 4. The van der Waals surface area contributed by atoms with Gasteiger partial charge in [-0.05, 0) is 32.9 Å². The summed E-state index contributed by atoms with van der Waals surface area (Å²) >= 11 is 0. The molecule has 1 aromatic rings. The second kappa shape index (κ2) is 5.63. The van der Waals surface area contributed by atoms with Gasteiger partial charge < -0.3 is 15.2 Å². The molecule has 0 radical (unpaired) electrons. The van der Waals surface area contributed by atoms with Crippen LogP contribution in [0.2, 0.25) is 0 Å². The highest BCUT2D eigenvalue weighted by atomic mass is 16.5. The van der Waals surface area contributed by atoms with Crippen LogP contribution in [0.15, 0.2) is 18.3 Å². The molecule has 1 heterocycles. The van der Waals surface area contributed by atoms with E-state index in [1.807, 2.05) is 20.8 Å². The molecule has 0 saturated heterocycles. The largest absolute Gasteiger partial charge is 0.482 e. The van der Waals surface area contributed by atoms with Crippen LogP contribution >= 0.6 is 0 Å². The van der Waals surface area contributed by atoms with Crippen LogP contribution in [0.3, 0.4) is 0 Å². The lowest BCUT2D eigenvalue weighted by Gasteiger charge is -2.20. The molecule has 17 heavy (non-hydrogen) atoms. The number of aromatic nitrogens is 1. The molecular formula is C12H18N2O3. The van der Waals surface area contributed by atoms with Gasteiger partial charge in [0.25, 0.3) is 5.91 Å². The van der Waals surface area contributed by atoms with Crippen LogP contribution in [0, 0.1) is 0 Å². The first-order valence-corrected chi connectivity index (χ1v) is 5.40. The first kappa shape index (κ1) is 13.4. The van der Waals surface area contributed by atoms with Crippen LogP contribution < -0.4 is 10.1 Å². The number of amides is 1. The van der Waals surface area contributed by atoms with Gasteiger partial charge in [-0.25, -0.2) is 0 Å². The fourth-order valence-electron chi connectivity index (χ4n) is 1.19. The van der Waals surface area contributed by atoms with E-state index in [9.17, 15) is 4.79 Å². The Morgan fingerprint density at radius 2 is 2.18 bits per heavy atom. The quantitative estimate of drug-likeness (QED) is 0.816. The summed E-state index contributed by atoms with van der Waals surface area (Å²) in [7, 11) is 0. The number of nitrogens with zero attached hydrogens (tertiary/aromatic N) is 1. The first-order chi connectivity index (χ1) is 7.90. The van der Waals surface area contributed by atoms with Gasteiger partial charge in [-0.1, -0.05) is 0 Å². The molecule has 0 saturated carbocycles. The van der Waals surface area contributed by atoms with E-state index in [1.165, 1.54) is 6.20 Å². The van der Waals surface area contributed by atoms with Crippen LogP contribution in [0.5, 0.6) is 5.75 Å². The molecule has 5 heteroatoms. The summed E-state index contributed by atoms with van der Waals surface area (Å²) in [4.78, 5) is 15.4. The maximum absolute atomic E-state index is 11.5. The van der Waals surface area contributed by atoms with Gasteiger partial charge in [-0.3, -0.25) is 9.78 Å². The number of carbonyl (C=O) groups excluding carboxylic acids is 1. The first-order valence-electron chi connectivity index (χ1n) is 5.40. The van der Waals surface area contributed by atoms with E-state index in [0.29, 0.717) is 11.4 Å². The number of ether oxygens (including phenoxy) is 1. The van der Waals surface area contributed by atoms with Crippen molar-refractivity contribution in [3.63, 3.8) is 0 Å². The van der Waals surface area contributed by atoms with Gasteiger partial charge in [0, 0.05) is 5.54 Å². The molecule has 0 atom stereocenters. The Kier molecular flexibility index (Phi) is 4.45. The van der Waals surface area contributed by atoms with Gasteiger partial charge in [0.2, 0.25) is 0 Å². The highest BCUT2D eigenvalue weighted by molar-refractivity contribution is 5.78. The van der Waals surface area contributed by atoms with Crippen molar-refractivity contribution < 1.29 is 14.6 Å². The minimum Gasteiger partial charge on any atom is -0.482 e. The standard InChI is InChI=1S/C12H18N2O3/c1-12(2,3)14-11(16)8-17-10-5-4-9(7-15)13-6-10/h4-6,15H,7-8H2,1-3H3,(H,14,16). The Hall–Kier alpha value is -1.62. The van der Waals surface area contributed by atoms with Crippen molar-refractivity contribution in [3.05, 3.63) is 24.0 Å². The van der Waals surface area contributed by atoms with Gasteiger partial charge in [-0.2, -0.15) is 0 Å². The zero-order chi connectivity index (χ0) is 12.9. The molecule has 94 valence electrons. The van der Waals surface area contributed by atoms with E-state index in [0.717, 1.165) is 0 Å². The Balaban J connectivity index is 2.42. The van der Waals surface area contributed by atoms with Crippen molar-refractivity contribution in [3.8, 4) is 5.75 Å². The Bertz CT molecular complexity index is 368. The van der Waals surface area contributed by atoms with Gasteiger partial charge in [0.05, 0.1) is 18.5 Å². The third-order valence-corrected chi connectivity index (χ3v) is 1.84. The van der Waals surface area contributed by atoms with E-state index in [2.05, 4.69) is 10.3 Å². The van der Waals surface area contributed by atoms with Crippen molar-refractivity contribution in [2.75, 3.05) is 6.61 Å². The fourth-order valence-corrected chi connectivity index (χ4v) is 1.19. The van der Waals surface area contributed by atoms with Crippen LogP contribution in [-0.2, 0) is 11.4 Å². The maximum atomic E-state index is 11.5. The van der Waals surface area contributed by atoms with Crippen molar-refractivity contribution in [1.29, 1.82) is 0 Å². The molecule has 0 aliphatic heterocycles. The average Bonchev–Trinajstić information content (AvgIpc) is 2.25. The van der Waals surface area contributed by atoms with E-state index < -0.39 is 0 Å². The second-order valence-corrected chi connectivity index (χ2v) is 4.73. The molecule has 0 aliphatic carbocycles. The average molecular weight is 238 g/mol. The van der Waals surface area contributed by atoms with Crippen molar-refractivity contribution in [2.24, 2.45) is 0 Å². The summed E-state index contributed by atoms with van der Waals surface area (Å²) in [5.41, 5.74) is 0.302. The number of aliphatic hydroxyl groups excluding tert-OH is 1. The molecule has 5 nitrogen and oxygen atoms in total. The SMILES string of the molecule is CC(C)(C)NC(=O)COc1ccc(CO)nc1. The lowest BCUT2D eigenvalue weighted by atomic mass is 10.1. The molecule has 0 aromatic carbocycles. The molecule has 0 unspecified atom stereocenters. The smallest absolute Gasteiger partial charge is 0.258 e. The highest BCUT2D eigenvalue weighted by Crippen LogP contribution is 2.09. The summed E-state index contributed by atoms with van der Waals surface area (Å²) in [6, 6.07) is 3.32. The molecule has 2 N–H and O–H groups in total. The van der Waals surface area contributed by atoms with Crippen molar-refractivity contribution in [1.82, 2.24) is 10.3 Å². The van der Waals surface area contributed by atoms with E-state index in [4.69, 9.17) is 9.84 Å². The van der Waals surface area contributed by atoms with Crippen LogP contribution in [0.25, 0.3) is 0 Å². The Morgan fingerprint density at radius 3 is 2.65 bits per heavy atom. The summed E-state index contributed by atoms with van der Waals surface area (Å²) in [6.07, 6.45) is 1.48. The maximum Gasteiger partial charge on any atom is 0.258 e. The third kappa shape index (κ3) is 5.31. The predicted molar refractivity (Wildman–Crippen MR) is 63.6 cm³/mol. The number of carbonyl (C=O) groups is 1. The van der Waals surface area contributed by atoms with Gasteiger partial charge in [-0.15, -0.1) is 0 Å². The van der Waals surface area contributed by atoms with E-state index in [1.54, 1.807) is 12.1 Å². The molecule has 1 rings (SSSR count). The van der Waals surface area contributed by atoms with E-state index in [-0.39, 0.29) is 24.7 Å². The van der Waals surface area contributed by atoms with Crippen LogP contribution in [-0.4, -0.2) is 28.1 Å². The highest BCUT2D eigenvalue weighted by Gasteiger charge is 2.13.